The molecule has 1 aliphatic rings. The highest BCUT2D eigenvalue weighted by atomic mass is 16.7. The second-order valence-corrected chi connectivity index (χ2v) is 4.86. The standard InChI is InChI=1S/C15H18O6/c1-4-15(5-2)13(17)20-12(21-14(15)18)9-6-7-10(16)11(8-9)19-3/h6-8,12,16H,4-5H2,1-3H3. The molecule has 1 heterocycles. The van der Waals surface area contributed by atoms with Crippen LogP contribution in [0, 0.1) is 5.41 Å². The van der Waals surface area contributed by atoms with Gasteiger partial charge in [0.05, 0.1) is 7.11 Å². The Balaban J connectivity index is 2.29. The summed E-state index contributed by atoms with van der Waals surface area (Å²) in [5.41, 5.74) is -0.801. The van der Waals surface area contributed by atoms with Gasteiger partial charge in [0.1, 0.15) is 0 Å². The Labute approximate surface area is 122 Å². The van der Waals surface area contributed by atoms with Crippen LogP contribution in [0.4, 0.5) is 0 Å². The summed E-state index contributed by atoms with van der Waals surface area (Å²) in [5, 5.41) is 9.56. The summed E-state index contributed by atoms with van der Waals surface area (Å²) in [4.78, 5) is 24.4. The number of ether oxygens (including phenoxy) is 3. The summed E-state index contributed by atoms with van der Waals surface area (Å²) in [6.07, 6.45) is -0.467. The summed E-state index contributed by atoms with van der Waals surface area (Å²) in [6.45, 7) is 3.49. The van der Waals surface area contributed by atoms with Crippen molar-refractivity contribution < 1.29 is 28.9 Å². The van der Waals surface area contributed by atoms with Gasteiger partial charge in [0.2, 0.25) is 0 Å². The van der Waals surface area contributed by atoms with Gasteiger partial charge in [-0.25, -0.2) is 0 Å². The van der Waals surface area contributed by atoms with Gasteiger partial charge in [-0.15, -0.1) is 0 Å². The summed E-state index contributed by atoms with van der Waals surface area (Å²) in [5.74, 6) is -1.00. The Morgan fingerprint density at radius 1 is 1.19 bits per heavy atom. The SMILES string of the molecule is CCC1(CC)C(=O)OC(c2ccc(O)c(OC)c2)OC1=O. The van der Waals surface area contributed by atoms with E-state index in [1.807, 2.05) is 0 Å². The maximum Gasteiger partial charge on any atom is 0.326 e. The van der Waals surface area contributed by atoms with Crippen LogP contribution in [0.3, 0.4) is 0 Å². The number of rotatable bonds is 4. The first-order valence-electron chi connectivity index (χ1n) is 6.77. The van der Waals surface area contributed by atoms with Crippen molar-refractivity contribution in [2.75, 3.05) is 7.11 Å². The number of hydrogen-bond donors (Lipinski definition) is 1. The molecule has 1 fully saturated rings. The minimum atomic E-state index is -1.22. The fraction of sp³-hybridized carbons (Fsp3) is 0.467. The lowest BCUT2D eigenvalue weighted by Gasteiger charge is -2.35. The van der Waals surface area contributed by atoms with E-state index in [4.69, 9.17) is 14.2 Å². The summed E-state index contributed by atoms with van der Waals surface area (Å²) >= 11 is 0. The lowest BCUT2D eigenvalue weighted by molar-refractivity contribution is -0.226. The van der Waals surface area contributed by atoms with Gasteiger partial charge in [0, 0.05) is 5.56 Å². The van der Waals surface area contributed by atoms with E-state index in [1.54, 1.807) is 13.8 Å². The quantitative estimate of drug-likeness (QED) is 0.678. The van der Waals surface area contributed by atoms with Crippen LogP contribution in [0.1, 0.15) is 38.5 Å². The molecule has 1 aliphatic heterocycles. The Morgan fingerprint density at radius 3 is 2.24 bits per heavy atom. The highest BCUT2D eigenvalue weighted by Crippen LogP contribution is 2.40. The van der Waals surface area contributed by atoms with Crippen LogP contribution in [0.5, 0.6) is 11.5 Å². The van der Waals surface area contributed by atoms with E-state index in [-0.39, 0.29) is 11.5 Å². The maximum atomic E-state index is 12.2. The zero-order valence-corrected chi connectivity index (χ0v) is 12.2. The number of benzene rings is 1. The van der Waals surface area contributed by atoms with Crippen LogP contribution in [0.15, 0.2) is 18.2 Å². The van der Waals surface area contributed by atoms with E-state index in [9.17, 15) is 14.7 Å². The van der Waals surface area contributed by atoms with Gasteiger partial charge < -0.3 is 19.3 Å². The van der Waals surface area contributed by atoms with E-state index in [0.29, 0.717) is 18.4 Å². The Bertz CT molecular complexity index is 541. The van der Waals surface area contributed by atoms with E-state index >= 15 is 0 Å². The van der Waals surface area contributed by atoms with Crippen LogP contribution in [-0.2, 0) is 19.1 Å². The fourth-order valence-electron chi connectivity index (χ4n) is 2.33. The minimum Gasteiger partial charge on any atom is -0.504 e. The first kappa shape index (κ1) is 15.2. The number of carbonyl (C=O) groups is 2. The molecule has 0 saturated carbocycles. The van der Waals surface area contributed by atoms with Crippen molar-refractivity contribution in [1.82, 2.24) is 0 Å². The molecule has 1 saturated heterocycles. The van der Waals surface area contributed by atoms with E-state index in [2.05, 4.69) is 0 Å². The third kappa shape index (κ3) is 2.41. The number of phenolic OH excluding ortho intramolecular Hbond substituents is 1. The van der Waals surface area contributed by atoms with E-state index < -0.39 is 23.6 Å². The average Bonchev–Trinajstić information content (AvgIpc) is 2.48. The third-order valence-electron chi connectivity index (χ3n) is 3.89. The lowest BCUT2D eigenvalue weighted by atomic mass is 9.82. The molecule has 0 spiro atoms. The van der Waals surface area contributed by atoms with Gasteiger partial charge in [-0.05, 0) is 31.0 Å². The molecular formula is C15H18O6. The second kappa shape index (κ2) is 5.63. The molecule has 0 radical (unpaired) electrons. The molecule has 0 amide bonds. The van der Waals surface area contributed by atoms with Gasteiger partial charge in [-0.1, -0.05) is 13.8 Å². The van der Waals surface area contributed by atoms with Crippen LogP contribution in [0.25, 0.3) is 0 Å². The summed E-state index contributed by atoms with van der Waals surface area (Å²) < 4.78 is 15.5. The topological polar surface area (TPSA) is 82.1 Å². The Morgan fingerprint density at radius 2 is 1.76 bits per heavy atom. The van der Waals surface area contributed by atoms with Crippen molar-refractivity contribution in [2.45, 2.75) is 33.0 Å². The third-order valence-corrected chi connectivity index (χ3v) is 3.89. The van der Waals surface area contributed by atoms with Crippen molar-refractivity contribution >= 4 is 11.9 Å². The van der Waals surface area contributed by atoms with Crippen molar-refractivity contribution in [3.8, 4) is 11.5 Å². The average molecular weight is 294 g/mol. The Kier molecular flexibility index (Phi) is 4.06. The zero-order valence-electron chi connectivity index (χ0n) is 12.2. The number of methoxy groups -OCH3 is 1. The van der Waals surface area contributed by atoms with E-state index in [0.717, 1.165) is 0 Å². The molecule has 1 aromatic rings. The first-order valence-corrected chi connectivity index (χ1v) is 6.77. The Hall–Kier alpha value is -2.24. The van der Waals surface area contributed by atoms with Gasteiger partial charge in [-0.3, -0.25) is 9.59 Å². The highest BCUT2D eigenvalue weighted by Gasteiger charge is 2.51. The maximum absolute atomic E-state index is 12.2. The molecule has 1 N–H and O–H groups in total. The van der Waals surface area contributed by atoms with Crippen LogP contribution < -0.4 is 4.74 Å². The molecule has 0 bridgehead atoms. The van der Waals surface area contributed by atoms with Gasteiger partial charge in [0.15, 0.2) is 16.9 Å². The van der Waals surface area contributed by atoms with Crippen molar-refractivity contribution in [2.24, 2.45) is 5.41 Å². The zero-order chi connectivity index (χ0) is 15.6. The molecule has 1 aromatic carbocycles. The molecule has 2 rings (SSSR count). The predicted octanol–water partition coefficient (Wildman–Crippen LogP) is 2.31. The minimum absolute atomic E-state index is 0.0498. The number of cyclic esters (lactones) is 2. The summed E-state index contributed by atoms with van der Waals surface area (Å²) in [7, 11) is 1.40. The molecule has 6 nitrogen and oxygen atoms in total. The molecule has 0 aromatic heterocycles. The number of carbonyl (C=O) groups excluding carboxylic acids is 2. The lowest BCUT2D eigenvalue weighted by Crippen LogP contribution is -2.46. The van der Waals surface area contributed by atoms with Crippen molar-refractivity contribution in [1.29, 1.82) is 0 Å². The molecule has 114 valence electrons. The first-order chi connectivity index (χ1) is 9.98. The van der Waals surface area contributed by atoms with Gasteiger partial charge >= 0.3 is 11.9 Å². The van der Waals surface area contributed by atoms with Gasteiger partial charge in [0.25, 0.3) is 6.29 Å². The molecule has 0 atom stereocenters. The normalized spacial score (nSPS) is 18.0. The van der Waals surface area contributed by atoms with Crippen molar-refractivity contribution in [3.05, 3.63) is 23.8 Å². The van der Waals surface area contributed by atoms with Crippen LogP contribution in [0.2, 0.25) is 0 Å². The number of esters is 2. The van der Waals surface area contributed by atoms with Gasteiger partial charge in [-0.2, -0.15) is 0 Å². The monoisotopic (exact) mass is 294 g/mol. The number of hydrogen-bond acceptors (Lipinski definition) is 6. The largest absolute Gasteiger partial charge is 0.504 e. The molecule has 0 aliphatic carbocycles. The number of phenols is 1. The predicted molar refractivity (Wildman–Crippen MR) is 72.6 cm³/mol. The van der Waals surface area contributed by atoms with E-state index in [1.165, 1.54) is 25.3 Å². The van der Waals surface area contributed by atoms with Crippen LogP contribution >= 0.6 is 0 Å². The molecule has 0 unspecified atom stereocenters. The number of aromatic hydroxyl groups is 1. The molecular weight excluding hydrogens is 276 g/mol. The summed E-state index contributed by atoms with van der Waals surface area (Å²) in [6, 6.07) is 4.36. The van der Waals surface area contributed by atoms with Crippen LogP contribution in [-0.4, -0.2) is 24.2 Å². The second-order valence-electron chi connectivity index (χ2n) is 4.86. The smallest absolute Gasteiger partial charge is 0.326 e. The highest BCUT2D eigenvalue weighted by molar-refractivity contribution is 6.01. The van der Waals surface area contributed by atoms with Crippen molar-refractivity contribution in [3.63, 3.8) is 0 Å². The molecule has 21 heavy (non-hydrogen) atoms. The fourth-order valence-corrected chi connectivity index (χ4v) is 2.33. The molecule has 6 heteroatoms.